The largest absolute Gasteiger partial charge is 0.335 e. The van der Waals surface area contributed by atoms with Crippen LogP contribution in [0.3, 0.4) is 0 Å². The maximum atomic E-state index is 6.31. The zero-order valence-electron chi connectivity index (χ0n) is 11.4. The van der Waals surface area contributed by atoms with E-state index in [0.29, 0.717) is 0 Å². The molecule has 0 saturated heterocycles. The molecule has 0 fully saturated rings. The second kappa shape index (κ2) is 6.35. The van der Waals surface area contributed by atoms with Gasteiger partial charge in [-0.05, 0) is 36.6 Å². The van der Waals surface area contributed by atoms with Crippen molar-refractivity contribution in [2.24, 2.45) is 5.73 Å². The zero-order chi connectivity index (χ0) is 13.8. The first kappa shape index (κ1) is 14.3. The zero-order valence-corrected chi connectivity index (χ0v) is 13.0. The maximum absolute atomic E-state index is 6.31. The lowest BCUT2D eigenvalue weighted by Crippen LogP contribution is -2.16. The Morgan fingerprint density at radius 3 is 2.84 bits per heavy atom. The van der Waals surface area contributed by atoms with E-state index in [9.17, 15) is 0 Å². The van der Waals surface area contributed by atoms with Gasteiger partial charge in [-0.2, -0.15) is 0 Å². The lowest BCUT2D eigenvalue weighted by molar-refractivity contribution is 0.598. The van der Waals surface area contributed by atoms with E-state index < -0.39 is 0 Å². The minimum atomic E-state index is -0.0193. The fourth-order valence-corrected chi connectivity index (χ4v) is 2.89. The minimum absolute atomic E-state index is 0.0193. The second-order valence-corrected chi connectivity index (χ2v) is 5.83. The van der Waals surface area contributed by atoms with E-state index in [2.05, 4.69) is 57.5 Å². The van der Waals surface area contributed by atoms with Gasteiger partial charge in [-0.3, -0.25) is 0 Å². The molecule has 102 valence electrons. The Labute approximate surface area is 123 Å². The van der Waals surface area contributed by atoms with Crippen LogP contribution in [0, 0.1) is 6.92 Å². The Morgan fingerprint density at radius 1 is 1.37 bits per heavy atom. The highest BCUT2D eigenvalue weighted by Crippen LogP contribution is 2.21. The van der Waals surface area contributed by atoms with Crippen molar-refractivity contribution in [2.75, 3.05) is 0 Å². The van der Waals surface area contributed by atoms with Gasteiger partial charge < -0.3 is 10.3 Å². The predicted molar refractivity (Wildman–Crippen MR) is 82.0 cm³/mol. The summed E-state index contributed by atoms with van der Waals surface area (Å²) in [5, 5.41) is 0. The molecular weight excluding hydrogens is 302 g/mol. The molecule has 4 heteroatoms. The number of nitrogens with two attached hydrogens (primary N) is 1. The van der Waals surface area contributed by atoms with E-state index in [4.69, 9.17) is 5.73 Å². The minimum Gasteiger partial charge on any atom is -0.335 e. The summed E-state index contributed by atoms with van der Waals surface area (Å²) < 4.78 is 3.26. The summed E-state index contributed by atoms with van der Waals surface area (Å²) in [4.78, 5) is 4.42. The van der Waals surface area contributed by atoms with Gasteiger partial charge in [0, 0.05) is 35.9 Å². The number of hydrogen-bond acceptors (Lipinski definition) is 2. The van der Waals surface area contributed by atoms with Crippen LogP contribution in [0.1, 0.15) is 36.3 Å². The molecule has 19 heavy (non-hydrogen) atoms. The van der Waals surface area contributed by atoms with Gasteiger partial charge in [0.2, 0.25) is 0 Å². The second-order valence-electron chi connectivity index (χ2n) is 4.91. The average Bonchev–Trinajstić information content (AvgIpc) is 2.76. The van der Waals surface area contributed by atoms with Crippen molar-refractivity contribution in [2.45, 2.75) is 39.3 Å². The van der Waals surface area contributed by atoms with Crippen LogP contribution in [0.5, 0.6) is 0 Å². The number of nitrogens with zero attached hydrogens (tertiary/aromatic N) is 2. The number of aryl methyl sites for hydroxylation is 2. The first-order valence-corrected chi connectivity index (χ1v) is 7.42. The van der Waals surface area contributed by atoms with E-state index >= 15 is 0 Å². The maximum Gasteiger partial charge on any atom is 0.110 e. The van der Waals surface area contributed by atoms with E-state index in [1.54, 1.807) is 0 Å². The topological polar surface area (TPSA) is 43.8 Å². The van der Waals surface area contributed by atoms with E-state index in [0.717, 1.165) is 35.2 Å². The smallest absolute Gasteiger partial charge is 0.110 e. The lowest BCUT2D eigenvalue weighted by Gasteiger charge is -2.14. The number of benzene rings is 1. The van der Waals surface area contributed by atoms with Gasteiger partial charge in [-0.15, -0.1) is 0 Å². The molecule has 0 radical (unpaired) electrons. The summed E-state index contributed by atoms with van der Waals surface area (Å²) in [6.45, 7) is 5.25. The summed E-state index contributed by atoms with van der Waals surface area (Å²) in [5.41, 5.74) is 8.68. The molecule has 0 aliphatic heterocycles. The monoisotopic (exact) mass is 321 g/mol. The van der Waals surface area contributed by atoms with Crippen LogP contribution in [-0.2, 0) is 13.0 Å². The molecule has 2 rings (SSSR count). The van der Waals surface area contributed by atoms with Gasteiger partial charge in [-0.1, -0.05) is 28.9 Å². The summed E-state index contributed by atoms with van der Waals surface area (Å²) in [6.07, 6.45) is 5.75. The van der Waals surface area contributed by atoms with Crippen molar-refractivity contribution in [1.29, 1.82) is 0 Å². The molecule has 2 aromatic rings. The number of rotatable bonds is 5. The molecule has 0 saturated carbocycles. The molecule has 1 atom stereocenters. The van der Waals surface area contributed by atoms with Gasteiger partial charge in [-0.25, -0.2) is 4.98 Å². The molecule has 0 aliphatic carbocycles. The van der Waals surface area contributed by atoms with Crippen LogP contribution in [0.2, 0.25) is 0 Å². The third kappa shape index (κ3) is 3.67. The van der Waals surface area contributed by atoms with Gasteiger partial charge in [0.05, 0.1) is 0 Å². The summed E-state index contributed by atoms with van der Waals surface area (Å²) in [6, 6.07) is 6.30. The van der Waals surface area contributed by atoms with Crippen LogP contribution < -0.4 is 5.73 Å². The van der Waals surface area contributed by atoms with Crippen molar-refractivity contribution < 1.29 is 0 Å². The van der Waals surface area contributed by atoms with Crippen LogP contribution in [0.15, 0.2) is 35.1 Å². The third-order valence-corrected chi connectivity index (χ3v) is 3.62. The molecule has 1 heterocycles. The molecule has 1 aromatic heterocycles. The standard InChI is InChI=1S/C15H20BrN3/c1-3-5-19-6-4-18-15(19)10-14(17)12-7-11(2)8-13(16)9-12/h4,6-9,14H,3,5,10,17H2,1-2H3. The summed E-state index contributed by atoms with van der Waals surface area (Å²) in [5.74, 6) is 1.06. The molecular formula is C15H20BrN3. The van der Waals surface area contributed by atoms with E-state index in [1.807, 2.05) is 12.4 Å². The van der Waals surface area contributed by atoms with Gasteiger partial charge in [0.15, 0.2) is 0 Å². The molecule has 0 bridgehead atoms. The fraction of sp³-hybridized carbons (Fsp3) is 0.400. The number of imidazole rings is 1. The van der Waals surface area contributed by atoms with Crippen molar-refractivity contribution in [1.82, 2.24) is 9.55 Å². The van der Waals surface area contributed by atoms with Crippen LogP contribution in [-0.4, -0.2) is 9.55 Å². The number of hydrogen-bond donors (Lipinski definition) is 1. The molecule has 0 aliphatic rings. The summed E-state index contributed by atoms with van der Waals surface area (Å²) in [7, 11) is 0. The molecule has 1 unspecified atom stereocenters. The Hall–Kier alpha value is -1.13. The molecule has 1 aromatic carbocycles. The number of aromatic nitrogens is 2. The summed E-state index contributed by atoms with van der Waals surface area (Å²) >= 11 is 3.52. The van der Waals surface area contributed by atoms with Crippen molar-refractivity contribution >= 4 is 15.9 Å². The molecule has 0 amide bonds. The lowest BCUT2D eigenvalue weighted by atomic mass is 10.0. The van der Waals surface area contributed by atoms with Gasteiger partial charge in [0.1, 0.15) is 5.82 Å². The van der Waals surface area contributed by atoms with Crippen molar-refractivity contribution in [3.8, 4) is 0 Å². The predicted octanol–water partition coefficient (Wildman–Crippen LogP) is 3.61. The molecule has 2 N–H and O–H groups in total. The average molecular weight is 322 g/mol. The van der Waals surface area contributed by atoms with Crippen molar-refractivity contribution in [3.63, 3.8) is 0 Å². The van der Waals surface area contributed by atoms with Crippen LogP contribution in [0.25, 0.3) is 0 Å². The van der Waals surface area contributed by atoms with Crippen LogP contribution in [0.4, 0.5) is 0 Å². The highest BCUT2D eigenvalue weighted by molar-refractivity contribution is 9.10. The van der Waals surface area contributed by atoms with E-state index in [1.165, 1.54) is 5.56 Å². The Kier molecular flexibility index (Phi) is 4.77. The normalized spacial score (nSPS) is 12.6. The highest BCUT2D eigenvalue weighted by atomic mass is 79.9. The quantitative estimate of drug-likeness (QED) is 0.914. The number of halogens is 1. The van der Waals surface area contributed by atoms with Gasteiger partial charge in [0.25, 0.3) is 0 Å². The molecule has 3 nitrogen and oxygen atoms in total. The first-order chi connectivity index (χ1) is 9.10. The fourth-order valence-electron chi connectivity index (χ4n) is 2.27. The first-order valence-electron chi connectivity index (χ1n) is 6.63. The van der Waals surface area contributed by atoms with E-state index in [-0.39, 0.29) is 6.04 Å². The Balaban J connectivity index is 2.15. The Morgan fingerprint density at radius 2 is 2.16 bits per heavy atom. The SMILES string of the molecule is CCCn1ccnc1CC(N)c1cc(C)cc(Br)c1. The van der Waals surface area contributed by atoms with Gasteiger partial charge >= 0.3 is 0 Å². The highest BCUT2D eigenvalue weighted by Gasteiger charge is 2.12. The third-order valence-electron chi connectivity index (χ3n) is 3.16. The Bertz CT molecular complexity index is 528. The van der Waals surface area contributed by atoms with Crippen LogP contribution >= 0.6 is 15.9 Å². The molecule has 0 spiro atoms. The van der Waals surface area contributed by atoms with Crippen molar-refractivity contribution in [3.05, 3.63) is 52.0 Å².